The van der Waals surface area contributed by atoms with Crippen LogP contribution in [0, 0.1) is 0 Å². The van der Waals surface area contributed by atoms with Gasteiger partial charge in [0, 0.05) is 24.4 Å². The van der Waals surface area contributed by atoms with Crippen molar-refractivity contribution in [3.63, 3.8) is 0 Å². The maximum Gasteiger partial charge on any atom is 0.387 e. The molecule has 0 atom stereocenters. The van der Waals surface area contributed by atoms with E-state index in [4.69, 9.17) is 4.74 Å². The number of hydrogen-bond donors (Lipinski definition) is 1. The molecule has 0 heterocycles. The van der Waals surface area contributed by atoms with E-state index in [2.05, 4.69) is 14.9 Å². The van der Waals surface area contributed by atoms with Crippen LogP contribution in [0.3, 0.4) is 0 Å². The molecule has 0 aliphatic rings. The smallest absolute Gasteiger partial charge is 0.387 e. The van der Waals surface area contributed by atoms with Gasteiger partial charge < -0.3 is 14.8 Å². The van der Waals surface area contributed by atoms with Gasteiger partial charge in [-0.3, -0.25) is 9.63 Å². The number of hydroxylamine groups is 1. The van der Waals surface area contributed by atoms with Crippen molar-refractivity contribution < 1.29 is 36.3 Å². The number of methoxy groups -OCH3 is 1. The van der Waals surface area contributed by atoms with Gasteiger partial charge >= 0.3 is 6.61 Å². The molecule has 0 saturated heterocycles. The number of ether oxygens (including phenoxy) is 2. The topological polar surface area (TPSA) is 94.2 Å². The summed E-state index contributed by atoms with van der Waals surface area (Å²) in [5.41, 5.74) is 0.196. The summed E-state index contributed by atoms with van der Waals surface area (Å²) in [6.07, 6.45) is 0. The summed E-state index contributed by atoms with van der Waals surface area (Å²) < 4.78 is 59.5. The molecule has 0 spiro atoms. The SMILES string of the molecule is COc1ccc(NC(=O)c2cccc(S(=O)(=O)N(C)OC)c2)cc1OC(F)F. The predicted molar refractivity (Wildman–Crippen MR) is 96.0 cm³/mol. The summed E-state index contributed by atoms with van der Waals surface area (Å²) >= 11 is 0. The molecule has 28 heavy (non-hydrogen) atoms. The first-order valence-corrected chi connectivity index (χ1v) is 9.20. The number of nitrogens with zero attached hydrogens (tertiary/aromatic N) is 1. The van der Waals surface area contributed by atoms with Crippen molar-refractivity contribution in [1.82, 2.24) is 4.47 Å². The lowest BCUT2D eigenvalue weighted by atomic mass is 10.2. The Bertz CT molecular complexity index is 952. The number of carbonyl (C=O) groups is 1. The second-order valence-electron chi connectivity index (χ2n) is 5.32. The van der Waals surface area contributed by atoms with Crippen LogP contribution in [0.15, 0.2) is 47.4 Å². The molecule has 2 aromatic rings. The van der Waals surface area contributed by atoms with Crippen LogP contribution in [0.5, 0.6) is 11.5 Å². The molecule has 8 nitrogen and oxygen atoms in total. The molecule has 2 rings (SSSR count). The molecule has 0 fully saturated rings. The molecule has 11 heteroatoms. The first-order chi connectivity index (χ1) is 13.2. The average Bonchev–Trinajstić information content (AvgIpc) is 2.67. The predicted octanol–water partition coefficient (Wildman–Crippen LogP) is 2.73. The van der Waals surface area contributed by atoms with Crippen molar-refractivity contribution in [2.75, 3.05) is 26.6 Å². The molecule has 1 N–H and O–H groups in total. The summed E-state index contributed by atoms with van der Waals surface area (Å²) in [6.45, 7) is -3.07. The molecule has 152 valence electrons. The van der Waals surface area contributed by atoms with Crippen LogP contribution in [0.2, 0.25) is 0 Å². The minimum atomic E-state index is -3.94. The molecule has 0 aliphatic heterocycles. The Hall–Kier alpha value is -2.76. The zero-order chi connectivity index (χ0) is 20.9. The van der Waals surface area contributed by atoms with Crippen LogP contribution in [-0.4, -0.2) is 46.7 Å². The lowest BCUT2D eigenvalue weighted by Crippen LogP contribution is -2.26. The number of sulfonamides is 1. The van der Waals surface area contributed by atoms with Crippen LogP contribution >= 0.6 is 0 Å². The molecule has 0 aliphatic carbocycles. The van der Waals surface area contributed by atoms with Crippen LogP contribution < -0.4 is 14.8 Å². The number of nitrogens with one attached hydrogen (secondary N) is 1. The third-order valence-corrected chi connectivity index (χ3v) is 5.30. The number of halogens is 2. The van der Waals surface area contributed by atoms with E-state index in [-0.39, 0.29) is 27.6 Å². The Kier molecular flexibility index (Phi) is 6.89. The Morgan fingerprint density at radius 2 is 1.82 bits per heavy atom. The van der Waals surface area contributed by atoms with Gasteiger partial charge in [0.25, 0.3) is 15.9 Å². The maximum absolute atomic E-state index is 12.5. The van der Waals surface area contributed by atoms with Crippen molar-refractivity contribution in [3.05, 3.63) is 48.0 Å². The summed E-state index contributed by atoms with van der Waals surface area (Å²) in [4.78, 5) is 17.0. The van der Waals surface area contributed by atoms with E-state index < -0.39 is 22.5 Å². The standard InChI is InChI=1S/C17H18F2N2O6S/c1-21(26-3)28(23,24)13-6-4-5-11(9-13)16(22)20-12-7-8-14(25-2)15(10-12)27-17(18)19/h4-10,17H,1-3H3,(H,20,22). The van der Waals surface area contributed by atoms with Crippen LogP contribution in [0.4, 0.5) is 14.5 Å². The Morgan fingerprint density at radius 1 is 1.11 bits per heavy atom. The van der Waals surface area contributed by atoms with E-state index in [9.17, 15) is 22.0 Å². The van der Waals surface area contributed by atoms with Gasteiger partial charge in [-0.15, -0.1) is 0 Å². The van der Waals surface area contributed by atoms with Crippen molar-refractivity contribution in [1.29, 1.82) is 0 Å². The summed E-state index contributed by atoms with van der Waals surface area (Å²) in [6, 6.07) is 9.22. The minimum Gasteiger partial charge on any atom is -0.493 e. The fraction of sp³-hybridized carbons (Fsp3) is 0.235. The van der Waals surface area contributed by atoms with Gasteiger partial charge in [-0.1, -0.05) is 10.5 Å². The lowest BCUT2D eigenvalue weighted by molar-refractivity contribution is -0.0511. The number of carbonyl (C=O) groups excluding carboxylic acids is 1. The quantitative estimate of drug-likeness (QED) is 0.665. The van der Waals surface area contributed by atoms with Gasteiger partial charge in [0.05, 0.1) is 19.1 Å². The van der Waals surface area contributed by atoms with Crippen molar-refractivity contribution >= 4 is 21.6 Å². The maximum atomic E-state index is 12.5. The number of rotatable bonds is 8. The number of hydrogen-bond acceptors (Lipinski definition) is 6. The highest BCUT2D eigenvalue weighted by molar-refractivity contribution is 7.89. The van der Waals surface area contributed by atoms with E-state index in [1.807, 2.05) is 0 Å². The monoisotopic (exact) mass is 416 g/mol. The van der Waals surface area contributed by atoms with E-state index >= 15 is 0 Å². The molecule has 0 saturated carbocycles. The average molecular weight is 416 g/mol. The summed E-state index contributed by atoms with van der Waals surface area (Å²) in [5, 5.41) is 2.49. The second-order valence-corrected chi connectivity index (χ2v) is 7.26. The summed E-state index contributed by atoms with van der Waals surface area (Å²) in [5.74, 6) is -0.840. The fourth-order valence-electron chi connectivity index (χ4n) is 2.19. The molecule has 2 aromatic carbocycles. The minimum absolute atomic E-state index is 0.0396. The number of alkyl halides is 2. The molecule has 0 radical (unpaired) electrons. The van der Waals surface area contributed by atoms with E-state index in [1.54, 1.807) is 0 Å². The third-order valence-electron chi connectivity index (χ3n) is 3.63. The van der Waals surface area contributed by atoms with Gasteiger partial charge in [0.2, 0.25) is 0 Å². The Morgan fingerprint density at radius 3 is 2.43 bits per heavy atom. The first kappa shape index (κ1) is 21.5. The van der Waals surface area contributed by atoms with Crippen LogP contribution in [0.25, 0.3) is 0 Å². The summed E-state index contributed by atoms with van der Waals surface area (Å²) in [7, 11) is -0.246. The molecule has 1 amide bonds. The second kappa shape index (κ2) is 8.95. The van der Waals surface area contributed by atoms with Crippen molar-refractivity contribution in [3.8, 4) is 11.5 Å². The lowest BCUT2D eigenvalue weighted by Gasteiger charge is -2.15. The highest BCUT2D eigenvalue weighted by Gasteiger charge is 2.22. The van der Waals surface area contributed by atoms with Crippen molar-refractivity contribution in [2.24, 2.45) is 0 Å². The molecular weight excluding hydrogens is 398 g/mol. The van der Waals surface area contributed by atoms with Gasteiger partial charge in [-0.05, 0) is 30.3 Å². The van der Waals surface area contributed by atoms with Gasteiger partial charge in [-0.25, -0.2) is 8.42 Å². The Labute approximate surface area is 160 Å². The van der Waals surface area contributed by atoms with Crippen molar-refractivity contribution in [2.45, 2.75) is 11.5 Å². The first-order valence-electron chi connectivity index (χ1n) is 7.76. The fourth-order valence-corrected chi connectivity index (χ4v) is 3.21. The Balaban J connectivity index is 2.27. The molecular formula is C17H18F2N2O6S. The van der Waals surface area contributed by atoms with Gasteiger partial charge in [0.15, 0.2) is 11.5 Å². The van der Waals surface area contributed by atoms with Crippen LogP contribution in [-0.2, 0) is 14.9 Å². The third kappa shape index (κ3) is 4.94. The van der Waals surface area contributed by atoms with E-state index in [0.29, 0.717) is 4.47 Å². The zero-order valence-corrected chi connectivity index (χ0v) is 16.0. The zero-order valence-electron chi connectivity index (χ0n) is 15.2. The molecule has 0 unspecified atom stereocenters. The number of amides is 1. The number of benzene rings is 2. The van der Waals surface area contributed by atoms with Gasteiger partial charge in [-0.2, -0.15) is 8.78 Å². The molecule has 0 bridgehead atoms. The van der Waals surface area contributed by atoms with Gasteiger partial charge in [0.1, 0.15) is 0 Å². The van der Waals surface area contributed by atoms with E-state index in [0.717, 1.165) is 0 Å². The highest BCUT2D eigenvalue weighted by atomic mass is 32.2. The highest BCUT2D eigenvalue weighted by Crippen LogP contribution is 2.31. The number of anilines is 1. The largest absolute Gasteiger partial charge is 0.493 e. The normalized spacial score (nSPS) is 11.5. The van der Waals surface area contributed by atoms with E-state index in [1.165, 1.54) is 63.7 Å². The molecule has 0 aromatic heterocycles. The van der Waals surface area contributed by atoms with Crippen LogP contribution in [0.1, 0.15) is 10.4 Å².